The van der Waals surface area contributed by atoms with E-state index in [1.807, 2.05) is 24.3 Å². The maximum atomic E-state index is 12.6. The van der Waals surface area contributed by atoms with Crippen LogP contribution in [0.5, 0.6) is 11.5 Å². The number of aromatic nitrogens is 3. The highest BCUT2D eigenvalue weighted by Gasteiger charge is 2.38. The number of nitrogens with zero attached hydrogens (tertiary/aromatic N) is 4. The molecule has 32 heavy (non-hydrogen) atoms. The van der Waals surface area contributed by atoms with Gasteiger partial charge in [0.1, 0.15) is 29.5 Å². The first-order chi connectivity index (χ1) is 15.3. The van der Waals surface area contributed by atoms with Crippen LogP contribution in [0.1, 0.15) is 27.2 Å². The molecule has 9 heteroatoms. The predicted molar refractivity (Wildman–Crippen MR) is 117 cm³/mol. The monoisotopic (exact) mass is 438 g/mol. The zero-order valence-corrected chi connectivity index (χ0v) is 18.5. The highest BCUT2D eigenvalue weighted by atomic mass is 16.6. The minimum atomic E-state index is -0.650. The van der Waals surface area contributed by atoms with Crippen LogP contribution < -0.4 is 9.47 Å². The molecule has 0 saturated carbocycles. The largest absolute Gasteiger partial charge is 0.497 e. The van der Waals surface area contributed by atoms with Crippen molar-refractivity contribution < 1.29 is 23.8 Å². The van der Waals surface area contributed by atoms with E-state index >= 15 is 0 Å². The molecule has 1 saturated heterocycles. The average Bonchev–Trinajstić information content (AvgIpc) is 3.42. The second kappa shape index (κ2) is 8.49. The van der Waals surface area contributed by atoms with Crippen molar-refractivity contribution in [3.05, 3.63) is 42.7 Å². The zero-order valence-electron chi connectivity index (χ0n) is 18.5. The number of amides is 1. The van der Waals surface area contributed by atoms with Crippen molar-refractivity contribution in [1.29, 1.82) is 0 Å². The Balaban J connectivity index is 1.65. The number of carbonyl (C=O) groups is 2. The van der Waals surface area contributed by atoms with Crippen LogP contribution in [-0.4, -0.2) is 63.4 Å². The molecule has 0 radical (unpaired) electrons. The van der Waals surface area contributed by atoms with Crippen molar-refractivity contribution in [2.75, 3.05) is 13.7 Å². The van der Waals surface area contributed by atoms with Gasteiger partial charge in [-0.15, -0.1) is 0 Å². The van der Waals surface area contributed by atoms with E-state index in [9.17, 15) is 9.59 Å². The summed E-state index contributed by atoms with van der Waals surface area (Å²) in [6, 6.07) is 8.54. The first-order valence-electron chi connectivity index (χ1n) is 10.4. The molecular weight excluding hydrogens is 412 g/mol. The highest BCUT2D eigenvalue weighted by molar-refractivity contribution is 5.87. The molecule has 1 aliphatic heterocycles. The summed E-state index contributed by atoms with van der Waals surface area (Å²) in [5, 5.41) is 5.05. The molecule has 168 valence electrons. The Morgan fingerprint density at radius 1 is 1.25 bits per heavy atom. The maximum absolute atomic E-state index is 12.6. The molecule has 3 aromatic rings. The summed E-state index contributed by atoms with van der Waals surface area (Å²) >= 11 is 0. The van der Waals surface area contributed by atoms with Crippen molar-refractivity contribution in [3.8, 4) is 17.3 Å². The fourth-order valence-electron chi connectivity index (χ4n) is 3.66. The second-order valence-electron chi connectivity index (χ2n) is 8.62. The molecule has 3 heterocycles. The van der Waals surface area contributed by atoms with Crippen LogP contribution in [0.15, 0.2) is 42.7 Å². The van der Waals surface area contributed by atoms with Gasteiger partial charge < -0.3 is 19.0 Å². The number of fused-ring (bicyclic) bond motifs is 1. The molecule has 0 aliphatic carbocycles. The fraction of sp³-hybridized carbons (Fsp3) is 0.391. The standard InChI is InChI=1S/C23H26N4O5/c1-23(2,3)32-22(29)26-13-17(10-15(26)14-28)31-20-12-21(27-9-5-8-24-27)25-19-11-16(30-4)6-7-18(19)20/h5-9,11-12,14-15,17H,10,13H2,1-4H3/t15-,17+/m0/s1. The number of likely N-dealkylation sites (tertiary alicyclic amines) is 1. The predicted octanol–water partition coefficient (Wildman–Crippen LogP) is 3.38. The Morgan fingerprint density at radius 3 is 2.72 bits per heavy atom. The van der Waals surface area contributed by atoms with Gasteiger partial charge in [0.05, 0.1) is 25.2 Å². The number of carbonyl (C=O) groups excluding carboxylic acids is 2. The van der Waals surface area contributed by atoms with Crippen LogP contribution in [0.3, 0.4) is 0 Å². The summed E-state index contributed by atoms with van der Waals surface area (Å²) < 4.78 is 18.7. The molecule has 0 unspecified atom stereocenters. The van der Waals surface area contributed by atoms with E-state index in [4.69, 9.17) is 14.2 Å². The zero-order chi connectivity index (χ0) is 22.9. The molecule has 1 aliphatic rings. The number of methoxy groups -OCH3 is 1. The lowest BCUT2D eigenvalue weighted by molar-refractivity contribution is -0.111. The molecule has 0 spiro atoms. The number of pyridine rings is 1. The van der Waals surface area contributed by atoms with Crippen molar-refractivity contribution in [2.24, 2.45) is 0 Å². The van der Waals surface area contributed by atoms with Crippen LogP contribution in [0.2, 0.25) is 0 Å². The Labute approximate surface area is 185 Å². The third-order valence-corrected chi connectivity index (χ3v) is 5.09. The number of ether oxygens (including phenoxy) is 3. The molecule has 2 aromatic heterocycles. The maximum Gasteiger partial charge on any atom is 0.411 e. The number of hydrogen-bond acceptors (Lipinski definition) is 7. The van der Waals surface area contributed by atoms with Crippen LogP contribution >= 0.6 is 0 Å². The van der Waals surface area contributed by atoms with E-state index in [1.165, 1.54) is 4.90 Å². The number of benzene rings is 1. The highest BCUT2D eigenvalue weighted by Crippen LogP contribution is 2.32. The lowest BCUT2D eigenvalue weighted by Gasteiger charge is -2.26. The Kier molecular flexibility index (Phi) is 5.73. The number of hydrogen-bond donors (Lipinski definition) is 0. The molecule has 0 bridgehead atoms. The summed E-state index contributed by atoms with van der Waals surface area (Å²) in [5.74, 6) is 1.84. The van der Waals surface area contributed by atoms with E-state index in [0.717, 1.165) is 11.7 Å². The third-order valence-electron chi connectivity index (χ3n) is 5.09. The van der Waals surface area contributed by atoms with Gasteiger partial charge in [0.2, 0.25) is 0 Å². The minimum absolute atomic E-state index is 0.245. The molecule has 1 fully saturated rings. The van der Waals surface area contributed by atoms with Gasteiger partial charge in [-0.25, -0.2) is 14.5 Å². The molecule has 2 atom stereocenters. The molecule has 9 nitrogen and oxygen atoms in total. The Bertz CT molecular complexity index is 1120. The van der Waals surface area contributed by atoms with Gasteiger partial charge >= 0.3 is 6.09 Å². The first-order valence-corrected chi connectivity index (χ1v) is 10.4. The van der Waals surface area contributed by atoms with Crippen LogP contribution in [-0.2, 0) is 9.53 Å². The lowest BCUT2D eigenvalue weighted by Crippen LogP contribution is -2.41. The van der Waals surface area contributed by atoms with Gasteiger partial charge in [0.15, 0.2) is 5.82 Å². The number of aldehydes is 1. The summed E-state index contributed by atoms with van der Waals surface area (Å²) in [7, 11) is 1.60. The summed E-state index contributed by atoms with van der Waals surface area (Å²) in [6.07, 6.45) is 3.69. The van der Waals surface area contributed by atoms with Crippen molar-refractivity contribution in [1.82, 2.24) is 19.7 Å². The Morgan fingerprint density at radius 2 is 2.06 bits per heavy atom. The van der Waals surface area contributed by atoms with E-state index in [0.29, 0.717) is 29.3 Å². The summed E-state index contributed by atoms with van der Waals surface area (Å²) in [6.45, 7) is 5.62. The molecular formula is C23H26N4O5. The average molecular weight is 438 g/mol. The van der Waals surface area contributed by atoms with E-state index in [2.05, 4.69) is 10.1 Å². The van der Waals surface area contributed by atoms with E-state index in [1.54, 1.807) is 51.0 Å². The first kappa shape index (κ1) is 21.6. The normalized spacial score (nSPS) is 18.6. The minimum Gasteiger partial charge on any atom is -0.497 e. The number of rotatable bonds is 5. The summed E-state index contributed by atoms with van der Waals surface area (Å²) in [5.41, 5.74) is 0.0314. The van der Waals surface area contributed by atoms with Crippen LogP contribution in [0.4, 0.5) is 4.79 Å². The van der Waals surface area contributed by atoms with Gasteiger partial charge in [-0.2, -0.15) is 5.10 Å². The smallest absolute Gasteiger partial charge is 0.411 e. The van der Waals surface area contributed by atoms with Crippen molar-refractivity contribution in [3.63, 3.8) is 0 Å². The Hall–Kier alpha value is -3.62. The topological polar surface area (TPSA) is 95.8 Å². The van der Waals surface area contributed by atoms with E-state index in [-0.39, 0.29) is 12.6 Å². The molecule has 4 rings (SSSR count). The summed E-state index contributed by atoms with van der Waals surface area (Å²) in [4.78, 5) is 30.3. The van der Waals surface area contributed by atoms with Crippen molar-refractivity contribution in [2.45, 2.75) is 44.9 Å². The van der Waals surface area contributed by atoms with Crippen LogP contribution in [0.25, 0.3) is 16.7 Å². The van der Waals surface area contributed by atoms with Crippen molar-refractivity contribution >= 4 is 23.3 Å². The van der Waals surface area contributed by atoms with Gasteiger partial charge in [-0.05, 0) is 39.0 Å². The molecule has 1 aromatic carbocycles. The lowest BCUT2D eigenvalue weighted by atomic mass is 10.1. The fourth-order valence-corrected chi connectivity index (χ4v) is 3.66. The molecule has 1 amide bonds. The molecule has 0 N–H and O–H groups in total. The van der Waals surface area contributed by atoms with Crippen LogP contribution in [0, 0.1) is 0 Å². The van der Waals surface area contributed by atoms with Gasteiger partial charge in [0.25, 0.3) is 0 Å². The van der Waals surface area contributed by atoms with E-state index < -0.39 is 17.7 Å². The van der Waals surface area contributed by atoms with Gasteiger partial charge in [-0.1, -0.05) is 0 Å². The quantitative estimate of drug-likeness (QED) is 0.564. The van der Waals surface area contributed by atoms with Gasteiger partial charge in [0, 0.05) is 36.3 Å². The second-order valence-corrected chi connectivity index (χ2v) is 8.62. The third kappa shape index (κ3) is 4.51. The SMILES string of the molecule is COc1ccc2c(O[C@@H]3C[C@@H](C=O)N(C(=O)OC(C)(C)C)C3)cc(-n3cccn3)nc2c1. The van der Waals surface area contributed by atoms with Gasteiger partial charge in [-0.3, -0.25) is 4.90 Å².